The number of aliphatic hydroxyl groups is 1. The summed E-state index contributed by atoms with van der Waals surface area (Å²) in [6.07, 6.45) is 8.82. The lowest BCUT2D eigenvalue weighted by Gasteiger charge is -2.31. The molecule has 0 unspecified atom stereocenters. The van der Waals surface area contributed by atoms with Crippen molar-refractivity contribution in [3.63, 3.8) is 0 Å². The van der Waals surface area contributed by atoms with Crippen LogP contribution in [0.15, 0.2) is 41.5 Å². The van der Waals surface area contributed by atoms with Crippen LogP contribution in [0.4, 0.5) is 0 Å². The first-order chi connectivity index (χ1) is 14.5. The lowest BCUT2D eigenvalue weighted by atomic mass is 9.94. The second-order valence-electron chi connectivity index (χ2n) is 8.17. The van der Waals surface area contributed by atoms with E-state index in [2.05, 4.69) is 5.10 Å². The summed E-state index contributed by atoms with van der Waals surface area (Å²) >= 11 is 0. The fourth-order valence-corrected chi connectivity index (χ4v) is 4.30. The minimum atomic E-state index is -0.321. The number of aryl methyl sites for hydroxylation is 1. The zero-order chi connectivity index (χ0) is 21.3. The van der Waals surface area contributed by atoms with E-state index in [0.29, 0.717) is 16.8 Å². The van der Waals surface area contributed by atoms with Crippen LogP contribution in [0.1, 0.15) is 43.2 Å². The highest BCUT2D eigenvalue weighted by Crippen LogP contribution is 2.25. The van der Waals surface area contributed by atoms with Gasteiger partial charge in [-0.3, -0.25) is 9.59 Å². The number of carbonyl (C=O) groups is 1. The van der Waals surface area contributed by atoms with Crippen molar-refractivity contribution < 1.29 is 9.90 Å². The van der Waals surface area contributed by atoms with Crippen LogP contribution >= 0.6 is 0 Å². The first-order valence-corrected chi connectivity index (χ1v) is 10.5. The van der Waals surface area contributed by atoms with Crippen molar-refractivity contribution in [2.75, 3.05) is 7.05 Å². The van der Waals surface area contributed by atoms with Crippen LogP contribution in [0.25, 0.3) is 16.8 Å². The predicted molar refractivity (Wildman–Crippen MR) is 115 cm³/mol. The van der Waals surface area contributed by atoms with Crippen molar-refractivity contribution in [1.82, 2.24) is 19.1 Å². The van der Waals surface area contributed by atoms with Gasteiger partial charge >= 0.3 is 0 Å². The number of aliphatic hydroxyl groups excluding tert-OH is 1. The van der Waals surface area contributed by atoms with Gasteiger partial charge in [0.1, 0.15) is 12.1 Å². The number of rotatable bonds is 5. The molecule has 1 fully saturated rings. The van der Waals surface area contributed by atoms with Gasteiger partial charge in [0.05, 0.1) is 12.3 Å². The van der Waals surface area contributed by atoms with Crippen LogP contribution in [0.5, 0.6) is 0 Å². The molecule has 158 valence electrons. The molecule has 2 aromatic heterocycles. The van der Waals surface area contributed by atoms with E-state index in [0.717, 1.165) is 36.8 Å². The molecule has 1 saturated carbocycles. The molecule has 1 N–H and O–H groups in total. The highest BCUT2D eigenvalue weighted by molar-refractivity contribution is 5.76. The number of likely N-dealkylation sites (N-methyl/N-ethyl adjacent to an activating group) is 1. The first-order valence-electron chi connectivity index (χ1n) is 10.5. The molecule has 0 radical (unpaired) electrons. The normalized spacial score (nSPS) is 14.9. The quantitative estimate of drug-likeness (QED) is 0.704. The number of aromatic nitrogens is 3. The van der Waals surface area contributed by atoms with Crippen molar-refractivity contribution in [3.05, 3.63) is 58.1 Å². The van der Waals surface area contributed by atoms with E-state index >= 15 is 0 Å². The second kappa shape index (κ2) is 8.44. The van der Waals surface area contributed by atoms with Crippen molar-refractivity contribution in [3.8, 4) is 11.3 Å². The van der Waals surface area contributed by atoms with Crippen molar-refractivity contribution in [1.29, 1.82) is 0 Å². The number of hydrogen-bond donors (Lipinski definition) is 1. The molecule has 0 saturated heterocycles. The molecule has 7 heteroatoms. The minimum Gasteiger partial charge on any atom is -0.392 e. The van der Waals surface area contributed by atoms with Gasteiger partial charge in [-0.1, -0.05) is 49.1 Å². The van der Waals surface area contributed by atoms with Crippen molar-refractivity contribution in [2.45, 2.75) is 58.2 Å². The molecule has 7 nitrogen and oxygen atoms in total. The van der Waals surface area contributed by atoms with Gasteiger partial charge in [-0.05, 0) is 19.8 Å². The first kappa shape index (κ1) is 20.3. The van der Waals surface area contributed by atoms with Gasteiger partial charge in [0, 0.05) is 36.6 Å². The van der Waals surface area contributed by atoms with E-state index in [-0.39, 0.29) is 30.7 Å². The highest BCUT2D eigenvalue weighted by atomic mass is 16.3. The maximum absolute atomic E-state index is 13.2. The summed E-state index contributed by atoms with van der Waals surface area (Å²) in [6.45, 7) is 1.68. The van der Waals surface area contributed by atoms with Crippen LogP contribution in [-0.2, 0) is 17.9 Å². The summed E-state index contributed by atoms with van der Waals surface area (Å²) in [6, 6.07) is 8.05. The summed E-state index contributed by atoms with van der Waals surface area (Å²) < 4.78 is 2.91. The molecule has 4 rings (SSSR count). The topological polar surface area (TPSA) is 79.8 Å². The van der Waals surface area contributed by atoms with Crippen LogP contribution in [-0.4, -0.2) is 43.2 Å². The Morgan fingerprint density at radius 2 is 1.87 bits per heavy atom. The molecule has 1 aromatic carbocycles. The number of carbonyl (C=O) groups excluding carboxylic acids is 1. The van der Waals surface area contributed by atoms with Crippen LogP contribution in [0.2, 0.25) is 0 Å². The maximum Gasteiger partial charge on any atom is 0.277 e. The van der Waals surface area contributed by atoms with Crippen molar-refractivity contribution >= 4 is 11.4 Å². The molecular weight excluding hydrogens is 380 g/mol. The fraction of sp³-hybridized carbons (Fsp3) is 0.435. The Labute approximate surface area is 175 Å². The minimum absolute atomic E-state index is 0.0156. The summed E-state index contributed by atoms with van der Waals surface area (Å²) in [5.41, 5.74) is 3.01. The lowest BCUT2D eigenvalue weighted by Crippen LogP contribution is -2.41. The average molecular weight is 409 g/mol. The van der Waals surface area contributed by atoms with Gasteiger partial charge in [-0.2, -0.15) is 5.10 Å². The third kappa shape index (κ3) is 3.77. The van der Waals surface area contributed by atoms with Crippen molar-refractivity contribution in [2.24, 2.45) is 0 Å². The smallest absolute Gasteiger partial charge is 0.277 e. The molecule has 0 atom stereocenters. The van der Waals surface area contributed by atoms with Crippen LogP contribution in [0, 0.1) is 6.92 Å². The van der Waals surface area contributed by atoms with Gasteiger partial charge in [-0.25, -0.2) is 4.52 Å². The number of benzene rings is 1. The molecule has 0 aliphatic heterocycles. The Morgan fingerprint density at radius 1 is 1.17 bits per heavy atom. The molecule has 1 amide bonds. The van der Waals surface area contributed by atoms with Crippen LogP contribution < -0.4 is 5.56 Å². The monoisotopic (exact) mass is 408 g/mol. The molecule has 2 heterocycles. The summed E-state index contributed by atoms with van der Waals surface area (Å²) in [5, 5.41) is 14.5. The van der Waals surface area contributed by atoms with E-state index in [1.54, 1.807) is 17.3 Å². The molecule has 30 heavy (non-hydrogen) atoms. The van der Waals surface area contributed by atoms with Gasteiger partial charge in [-0.15, -0.1) is 0 Å². The third-order valence-corrected chi connectivity index (χ3v) is 6.16. The zero-order valence-electron chi connectivity index (χ0n) is 17.5. The van der Waals surface area contributed by atoms with Crippen LogP contribution in [0.3, 0.4) is 0 Å². The van der Waals surface area contributed by atoms with Gasteiger partial charge in [0.2, 0.25) is 5.91 Å². The predicted octanol–water partition coefficient (Wildman–Crippen LogP) is 2.75. The Bertz CT molecular complexity index is 1110. The number of fused-ring (bicyclic) bond motifs is 1. The average Bonchev–Trinajstić information content (AvgIpc) is 3.15. The van der Waals surface area contributed by atoms with E-state index in [9.17, 15) is 14.7 Å². The molecule has 0 spiro atoms. The molecular formula is C23H28N4O3. The summed E-state index contributed by atoms with van der Waals surface area (Å²) in [7, 11) is 1.83. The number of hydrogen-bond acceptors (Lipinski definition) is 4. The standard InChI is InChI=1S/C23H28N4O3/c1-16-8-10-17(11-9-16)21-19(15-28)22-23(30)26(12-13-27(22)24-21)14-20(29)25(2)18-6-4-3-5-7-18/h8-13,18,28H,3-7,14-15H2,1-2H3. The SMILES string of the molecule is Cc1ccc(-c2nn3ccn(CC(=O)N(C)C4CCCCC4)c(=O)c3c2CO)cc1. The fourth-order valence-electron chi connectivity index (χ4n) is 4.30. The van der Waals surface area contributed by atoms with Gasteiger partial charge < -0.3 is 14.6 Å². The largest absolute Gasteiger partial charge is 0.392 e. The Morgan fingerprint density at radius 3 is 2.53 bits per heavy atom. The Balaban J connectivity index is 1.67. The maximum atomic E-state index is 13.2. The zero-order valence-corrected chi connectivity index (χ0v) is 17.5. The highest BCUT2D eigenvalue weighted by Gasteiger charge is 2.23. The van der Waals surface area contributed by atoms with Gasteiger partial charge in [0.15, 0.2) is 0 Å². The summed E-state index contributed by atoms with van der Waals surface area (Å²) in [4.78, 5) is 27.8. The molecule has 0 bridgehead atoms. The van der Waals surface area contributed by atoms with E-state index in [1.165, 1.54) is 15.5 Å². The molecule has 1 aliphatic rings. The second-order valence-corrected chi connectivity index (χ2v) is 8.17. The van der Waals surface area contributed by atoms with Gasteiger partial charge in [0.25, 0.3) is 5.56 Å². The third-order valence-electron chi connectivity index (χ3n) is 6.16. The van der Waals surface area contributed by atoms with E-state index in [4.69, 9.17) is 0 Å². The summed E-state index contributed by atoms with van der Waals surface area (Å²) in [5.74, 6) is -0.0721. The Hall–Kier alpha value is -2.93. The lowest BCUT2D eigenvalue weighted by molar-refractivity contribution is -0.133. The number of amides is 1. The number of nitrogens with zero attached hydrogens (tertiary/aromatic N) is 4. The Kier molecular flexibility index (Phi) is 5.72. The van der Waals surface area contributed by atoms with E-state index in [1.807, 2.05) is 38.2 Å². The molecule has 1 aliphatic carbocycles. The van der Waals surface area contributed by atoms with E-state index < -0.39 is 0 Å². The molecule has 3 aromatic rings.